The molecule has 0 saturated carbocycles. The van der Waals surface area contributed by atoms with Gasteiger partial charge in [0.05, 0.1) is 27.3 Å². The van der Waals surface area contributed by atoms with Crippen LogP contribution in [-0.4, -0.2) is 15.0 Å². The van der Waals surface area contributed by atoms with Gasteiger partial charge < -0.3 is 0 Å². The third-order valence-electron chi connectivity index (χ3n) is 11.7. The van der Waals surface area contributed by atoms with Crippen molar-refractivity contribution in [3.05, 3.63) is 200 Å². The third-order valence-corrected chi connectivity index (χ3v) is 12.8. The number of fused-ring (bicyclic) bond motifs is 11. The van der Waals surface area contributed by atoms with Crippen LogP contribution in [0.1, 0.15) is 0 Å². The summed E-state index contributed by atoms with van der Waals surface area (Å²) in [5.74, 6) is 0.706. The van der Waals surface area contributed by atoms with E-state index in [4.69, 9.17) is 15.0 Å². The standard InChI is InChI=1S/C55H33N3S/c1-3-13-34(14-4-1)48-33-49(58-55(57-48)37-15-5-2-6-16-37)35-23-25-36(26-24-35)53-54-52(46-21-11-12-22-51(46)59-54)45-30-28-39(32-50(45)56-53)38-27-29-44-42-19-8-7-17-40(42)41-18-9-10-20-43(41)47(44)31-38/h1-33H. The molecule has 9 aromatic carbocycles. The second-order valence-electron chi connectivity index (χ2n) is 15.1. The van der Waals surface area contributed by atoms with Gasteiger partial charge in [-0.3, -0.25) is 0 Å². The fourth-order valence-electron chi connectivity index (χ4n) is 8.82. The lowest BCUT2D eigenvalue weighted by molar-refractivity contribution is 1.18. The summed E-state index contributed by atoms with van der Waals surface area (Å²) >= 11 is 1.82. The zero-order valence-corrected chi connectivity index (χ0v) is 32.6. The molecule has 12 aromatic rings. The lowest BCUT2D eigenvalue weighted by Crippen LogP contribution is -1.96. The molecule has 4 heteroatoms. The number of thiophene rings is 1. The number of rotatable bonds is 5. The average molecular weight is 768 g/mol. The lowest BCUT2D eigenvalue weighted by Gasteiger charge is -2.13. The highest BCUT2D eigenvalue weighted by Crippen LogP contribution is 2.44. The Bertz CT molecular complexity index is 3500. The summed E-state index contributed by atoms with van der Waals surface area (Å²) < 4.78 is 2.46. The first-order valence-corrected chi connectivity index (χ1v) is 20.7. The van der Waals surface area contributed by atoms with Crippen molar-refractivity contribution in [3.63, 3.8) is 0 Å². The van der Waals surface area contributed by atoms with Crippen molar-refractivity contribution in [2.24, 2.45) is 0 Å². The number of benzene rings is 9. The van der Waals surface area contributed by atoms with Crippen LogP contribution in [0.15, 0.2) is 200 Å². The minimum Gasteiger partial charge on any atom is -0.246 e. The van der Waals surface area contributed by atoms with E-state index >= 15 is 0 Å². The molecule has 274 valence electrons. The van der Waals surface area contributed by atoms with Gasteiger partial charge in [-0.1, -0.05) is 176 Å². The molecule has 3 aromatic heterocycles. The molecule has 0 amide bonds. The first-order valence-electron chi connectivity index (χ1n) is 19.9. The Kier molecular flexibility index (Phi) is 7.72. The first-order chi connectivity index (χ1) is 29.2. The second kappa shape index (κ2) is 13.6. The van der Waals surface area contributed by atoms with Crippen LogP contribution in [0.3, 0.4) is 0 Å². The Morgan fingerprint density at radius 1 is 0.305 bits per heavy atom. The van der Waals surface area contributed by atoms with Crippen molar-refractivity contribution in [1.29, 1.82) is 0 Å². The lowest BCUT2D eigenvalue weighted by atomic mass is 9.92. The fraction of sp³-hybridized carbons (Fsp3) is 0. The summed E-state index contributed by atoms with van der Waals surface area (Å²) in [5.41, 5.74) is 10.2. The van der Waals surface area contributed by atoms with Crippen molar-refractivity contribution in [3.8, 4) is 56.3 Å². The SMILES string of the molecule is c1ccc(-c2cc(-c3ccc(-c4nc5cc(-c6ccc7c8ccccc8c8ccccc8c7c6)ccc5c5c4sc4ccccc45)cc3)nc(-c3ccccc3)n2)cc1. The van der Waals surface area contributed by atoms with Gasteiger partial charge in [0.25, 0.3) is 0 Å². The summed E-state index contributed by atoms with van der Waals surface area (Å²) in [4.78, 5) is 15.6. The van der Waals surface area contributed by atoms with Gasteiger partial charge in [0.15, 0.2) is 5.82 Å². The van der Waals surface area contributed by atoms with Crippen LogP contribution < -0.4 is 0 Å². The summed E-state index contributed by atoms with van der Waals surface area (Å²) in [7, 11) is 0. The highest BCUT2D eigenvalue weighted by molar-refractivity contribution is 7.26. The van der Waals surface area contributed by atoms with Crippen molar-refractivity contribution in [2.75, 3.05) is 0 Å². The Labute approximate surface area is 344 Å². The van der Waals surface area contributed by atoms with Crippen LogP contribution in [-0.2, 0) is 0 Å². The number of pyridine rings is 1. The van der Waals surface area contributed by atoms with Gasteiger partial charge in [0.2, 0.25) is 0 Å². The third kappa shape index (κ3) is 5.60. The number of aromatic nitrogens is 3. The van der Waals surface area contributed by atoms with Gasteiger partial charge in [0, 0.05) is 43.1 Å². The Morgan fingerprint density at radius 3 is 1.44 bits per heavy atom. The average Bonchev–Trinajstić information content (AvgIpc) is 3.72. The monoisotopic (exact) mass is 767 g/mol. The topological polar surface area (TPSA) is 38.7 Å². The highest BCUT2D eigenvalue weighted by atomic mass is 32.1. The summed E-state index contributed by atoms with van der Waals surface area (Å²) in [6.07, 6.45) is 0. The normalized spacial score (nSPS) is 11.7. The van der Waals surface area contributed by atoms with E-state index in [0.29, 0.717) is 5.82 Å². The van der Waals surface area contributed by atoms with Crippen LogP contribution in [0.25, 0.3) is 120 Å². The van der Waals surface area contributed by atoms with Gasteiger partial charge >= 0.3 is 0 Å². The minimum atomic E-state index is 0.706. The van der Waals surface area contributed by atoms with Crippen LogP contribution in [0, 0.1) is 0 Å². The second-order valence-corrected chi connectivity index (χ2v) is 16.2. The van der Waals surface area contributed by atoms with E-state index in [9.17, 15) is 0 Å². The molecular formula is C55H33N3S. The summed E-state index contributed by atoms with van der Waals surface area (Å²) in [6, 6.07) is 71.4. The van der Waals surface area contributed by atoms with Crippen molar-refractivity contribution in [2.45, 2.75) is 0 Å². The quantitative estimate of drug-likeness (QED) is 0.164. The number of hydrogen-bond donors (Lipinski definition) is 0. The number of hydrogen-bond acceptors (Lipinski definition) is 4. The van der Waals surface area contributed by atoms with Gasteiger partial charge in [-0.25, -0.2) is 15.0 Å². The molecule has 0 aliphatic carbocycles. The van der Waals surface area contributed by atoms with Crippen LogP contribution in [0.2, 0.25) is 0 Å². The maximum absolute atomic E-state index is 5.50. The predicted molar refractivity (Wildman–Crippen MR) is 250 cm³/mol. The molecule has 0 bridgehead atoms. The van der Waals surface area contributed by atoms with E-state index in [1.165, 1.54) is 63.4 Å². The van der Waals surface area contributed by atoms with E-state index < -0.39 is 0 Å². The smallest absolute Gasteiger partial charge is 0.160 e. The Hall–Kier alpha value is -7.53. The molecule has 12 rings (SSSR count). The molecular weight excluding hydrogens is 735 g/mol. The van der Waals surface area contributed by atoms with Gasteiger partial charge in [-0.15, -0.1) is 11.3 Å². The largest absolute Gasteiger partial charge is 0.246 e. The molecule has 3 heterocycles. The molecule has 0 N–H and O–H groups in total. The summed E-state index contributed by atoms with van der Waals surface area (Å²) in [5, 5.41) is 11.3. The molecule has 0 unspecified atom stereocenters. The van der Waals surface area contributed by atoms with Gasteiger partial charge in [0.1, 0.15) is 0 Å². The van der Waals surface area contributed by atoms with Crippen LogP contribution in [0.5, 0.6) is 0 Å². The zero-order chi connectivity index (χ0) is 38.9. The molecule has 0 radical (unpaired) electrons. The van der Waals surface area contributed by atoms with E-state index in [1.807, 2.05) is 47.7 Å². The highest BCUT2D eigenvalue weighted by Gasteiger charge is 2.18. The molecule has 0 atom stereocenters. The first kappa shape index (κ1) is 33.6. The van der Waals surface area contributed by atoms with Gasteiger partial charge in [-0.05, 0) is 67.7 Å². The van der Waals surface area contributed by atoms with E-state index in [0.717, 1.165) is 50.4 Å². The molecule has 59 heavy (non-hydrogen) atoms. The zero-order valence-electron chi connectivity index (χ0n) is 31.8. The Morgan fingerprint density at radius 2 is 0.780 bits per heavy atom. The van der Waals surface area contributed by atoms with Crippen molar-refractivity contribution < 1.29 is 0 Å². The molecule has 0 spiro atoms. The molecule has 0 saturated heterocycles. The molecule has 0 aliphatic rings. The Balaban J connectivity index is 1.01. The summed E-state index contributed by atoms with van der Waals surface area (Å²) in [6.45, 7) is 0. The molecule has 3 nitrogen and oxygen atoms in total. The van der Waals surface area contributed by atoms with Crippen molar-refractivity contribution >= 4 is 74.7 Å². The minimum absolute atomic E-state index is 0.706. The van der Waals surface area contributed by atoms with Crippen LogP contribution >= 0.6 is 11.3 Å². The predicted octanol–water partition coefficient (Wildman–Crippen LogP) is 15.2. The fourth-order valence-corrected chi connectivity index (χ4v) is 10.0. The van der Waals surface area contributed by atoms with E-state index in [1.54, 1.807) is 0 Å². The molecule has 0 fully saturated rings. The van der Waals surface area contributed by atoms with E-state index in [-0.39, 0.29) is 0 Å². The van der Waals surface area contributed by atoms with E-state index in [2.05, 4.69) is 164 Å². The van der Waals surface area contributed by atoms with Gasteiger partial charge in [-0.2, -0.15) is 0 Å². The van der Waals surface area contributed by atoms with Crippen molar-refractivity contribution in [1.82, 2.24) is 15.0 Å². The number of nitrogens with zero attached hydrogens (tertiary/aromatic N) is 3. The maximum atomic E-state index is 5.50. The maximum Gasteiger partial charge on any atom is 0.160 e. The van der Waals surface area contributed by atoms with Crippen LogP contribution in [0.4, 0.5) is 0 Å². The molecule has 0 aliphatic heterocycles.